The maximum absolute atomic E-state index is 11.5. The summed E-state index contributed by atoms with van der Waals surface area (Å²) in [5.41, 5.74) is 0.325. The van der Waals surface area contributed by atoms with E-state index in [1.807, 2.05) is 0 Å². The minimum Gasteiger partial charge on any atom is -0.493 e. The van der Waals surface area contributed by atoms with Gasteiger partial charge in [-0.1, -0.05) is 6.07 Å². The van der Waals surface area contributed by atoms with Gasteiger partial charge in [-0.3, -0.25) is 4.79 Å². The number of methoxy groups -OCH3 is 1. The number of para-hydroxylation sites is 1. The van der Waals surface area contributed by atoms with Gasteiger partial charge in [-0.25, -0.2) is 4.79 Å². The quantitative estimate of drug-likeness (QED) is 0.571. The molecule has 0 spiro atoms. The first kappa shape index (κ1) is 14.0. The zero-order valence-corrected chi connectivity index (χ0v) is 10.6. The molecule has 0 bridgehead atoms. The molecule has 0 amide bonds. The molecule has 0 saturated carbocycles. The fourth-order valence-corrected chi connectivity index (χ4v) is 1.40. The molecule has 5 nitrogen and oxygen atoms in total. The maximum atomic E-state index is 11.5. The highest BCUT2D eigenvalue weighted by Gasteiger charge is 2.19. The summed E-state index contributed by atoms with van der Waals surface area (Å²) in [4.78, 5) is 22.4. The van der Waals surface area contributed by atoms with Crippen molar-refractivity contribution in [3.63, 3.8) is 0 Å². The molecule has 1 aromatic rings. The predicted octanol–water partition coefficient (Wildman–Crippen LogP) is 1.84. The van der Waals surface area contributed by atoms with Crippen LogP contribution in [0.4, 0.5) is 0 Å². The minimum absolute atomic E-state index is 0.246. The summed E-state index contributed by atoms with van der Waals surface area (Å²) in [5, 5.41) is 0. The predicted molar refractivity (Wildman–Crippen MR) is 65.1 cm³/mol. The van der Waals surface area contributed by atoms with Crippen molar-refractivity contribution in [1.29, 1.82) is 0 Å². The molecule has 0 radical (unpaired) electrons. The van der Waals surface area contributed by atoms with Crippen LogP contribution in [0.2, 0.25) is 0 Å². The average Bonchev–Trinajstić information content (AvgIpc) is 2.39. The van der Waals surface area contributed by atoms with Crippen LogP contribution in [0.1, 0.15) is 24.2 Å². The van der Waals surface area contributed by atoms with Crippen molar-refractivity contribution in [2.24, 2.45) is 0 Å². The number of rotatable bonds is 6. The van der Waals surface area contributed by atoms with Crippen molar-refractivity contribution < 1.29 is 23.8 Å². The Bertz CT molecular complexity index is 427. The van der Waals surface area contributed by atoms with E-state index in [9.17, 15) is 9.59 Å². The zero-order valence-electron chi connectivity index (χ0n) is 10.6. The first-order valence-electron chi connectivity index (χ1n) is 5.59. The van der Waals surface area contributed by atoms with Crippen molar-refractivity contribution in [2.45, 2.75) is 20.0 Å². The van der Waals surface area contributed by atoms with Crippen LogP contribution in [0.25, 0.3) is 0 Å². The highest BCUT2D eigenvalue weighted by atomic mass is 16.6. The highest BCUT2D eigenvalue weighted by Crippen LogP contribution is 2.30. The molecule has 0 saturated heterocycles. The Morgan fingerprint density at radius 2 is 2.17 bits per heavy atom. The molecule has 1 aromatic carbocycles. The summed E-state index contributed by atoms with van der Waals surface area (Å²) >= 11 is 0. The minimum atomic E-state index is -0.806. The third-order valence-corrected chi connectivity index (χ3v) is 2.27. The Morgan fingerprint density at radius 1 is 1.44 bits per heavy atom. The van der Waals surface area contributed by atoms with Crippen molar-refractivity contribution in [3.05, 3.63) is 23.8 Å². The largest absolute Gasteiger partial charge is 0.493 e. The molecule has 0 heterocycles. The summed E-state index contributed by atoms with van der Waals surface area (Å²) in [5.74, 6) is 0.159. The van der Waals surface area contributed by atoms with Crippen LogP contribution >= 0.6 is 0 Å². The smallest absolute Gasteiger partial charge is 0.347 e. The summed E-state index contributed by atoms with van der Waals surface area (Å²) in [6.07, 6.45) is -0.157. The molecule has 1 unspecified atom stereocenters. The topological polar surface area (TPSA) is 61.8 Å². The van der Waals surface area contributed by atoms with Crippen LogP contribution in [-0.2, 0) is 9.53 Å². The fraction of sp³-hybridized carbons (Fsp3) is 0.385. The van der Waals surface area contributed by atoms with Gasteiger partial charge < -0.3 is 14.2 Å². The summed E-state index contributed by atoms with van der Waals surface area (Å²) in [7, 11) is 1.46. The Hall–Kier alpha value is -2.04. The third kappa shape index (κ3) is 3.23. The Balaban J connectivity index is 2.95. The van der Waals surface area contributed by atoms with Crippen LogP contribution in [0.15, 0.2) is 18.2 Å². The number of ether oxygens (including phenoxy) is 3. The van der Waals surface area contributed by atoms with Gasteiger partial charge >= 0.3 is 5.97 Å². The van der Waals surface area contributed by atoms with Gasteiger partial charge in [0, 0.05) is 0 Å². The van der Waals surface area contributed by atoms with Crippen molar-refractivity contribution in [2.75, 3.05) is 13.7 Å². The van der Waals surface area contributed by atoms with E-state index in [1.165, 1.54) is 7.11 Å². The fourth-order valence-electron chi connectivity index (χ4n) is 1.40. The molecule has 18 heavy (non-hydrogen) atoms. The Kier molecular flexibility index (Phi) is 5.17. The molecule has 0 aliphatic heterocycles. The monoisotopic (exact) mass is 252 g/mol. The third-order valence-electron chi connectivity index (χ3n) is 2.27. The molecule has 0 aromatic heterocycles. The van der Waals surface area contributed by atoms with E-state index in [-0.39, 0.29) is 12.4 Å². The van der Waals surface area contributed by atoms with E-state index in [1.54, 1.807) is 32.0 Å². The van der Waals surface area contributed by atoms with Crippen LogP contribution in [0.5, 0.6) is 11.5 Å². The molecule has 0 fully saturated rings. The van der Waals surface area contributed by atoms with Crippen LogP contribution in [0, 0.1) is 0 Å². The number of aldehydes is 1. The van der Waals surface area contributed by atoms with E-state index in [0.29, 0.717) is 17.6 Å². The van der Waals surface area contributed by atoms with Gasteiger partial charge in [-0.15, -0.1) is 0 Å². The van der Waals surface area contributed by atoms with Crippen molar-refractivity contribution >= 4 is 12.3 Å². The number of hydrogen-bond donors (Lipinski definition) is 0. The standard InChI is InChI=1S/C13H16O5/c1-4-17-13(15)9(2)18-12-10(8-14)6-5-7-11(12)16-3/h5-9H,4H2,1-3H3. The average molecular weight is 252 g/mol. The van der Waals surface area contributed by atoms with Crippen molar-refractivity contribution in [1.82, 2.24) is 0 Å². The van der Waals surface area contributed by atoms with Gasteiger partial charge in [0.25, 0.3) is 0 Å². The normalized spacial score (nSPS) is 11.5. The molecule has 1 atom stereocenters. The number of carbonyl (C=O) groups excluding carboxylic acids is 2. The van der Waals surface area contributed by atoms with Gasteiger partial charge in [0.05, 0.1) is 19.3 Å². The molecular weight excluding hydrogens is 236 g/mol. The lowest BCUT2D eigenvalue weighted by atomic mass is 10.2. The van der Waals surface area contributed by atoms with E-state index in [2.05, 4.69) is 0 Å². The molecule has 5 heteroatoms. The van der Waals surface area contributed by atoms with E-state index in [4.69, 9.17) is 14.2 Å². The maximum Gasteiger partial charge on any atom is 0.347 e. The van der Waals surface area contributed by atoms with E-state index >= 15 is 0 Å². The Labute approximate surface area is 106 Å². The van der Waals surface area contributed by atoms with E-state index in [0.717, 1.165) is 0 Å². The number of benzene rings is 1. The number of hydrogen-bond acceptors (Lipinski definition) is 5. The SMILES string of the molecule is CCOC(=O)C(C)Oc1c(C=O)cccc1OC. The summed E-state index contributed by atoms with van der Waals surface area (Å²) in [6.45, 7) is 3.54. The molecule has 0 aliphatic carbocycles. The highest BCUT2D eigenvalue weighted by molar-refractivity contribution is 5.82. The second-order valence-corrected chi connectivity index (χ2v) is 3.51. The van der Waals surface area contributed by atoms with Crippen LogP contribution < -0.4 is 9.47 Å². The molecule has 98 valence electrons. The second-order valence-electron chi connectivity index (χ2n) is 3.51. The lowest BCUT2D eigenvalue weighted by Gasteiger charge is -2.16. The molecular formula is C13H16O5. The molecule has 0 aliphatic rings. The summed E-state index contributed by atoms with van der Waals surface area (Å²) in [6, 6.07) is 4.91. The lowest BCUT2D eigenvalue weighted by Crippen LogP contribution is -2.26. The number of carbonyl (C=O) groups is 2. The lowest BCUT2D eigenvalue weighted by molar-refractivity contribution is -0.150. The summed E-state index contributed by atoms with van der Waals surface area (Å²) < 4.78 is 15.4. The number of esters is 1. The van der Waals surface area contributed by atoms with Gasteiger partial charge in [0.1, 0.15) is 0 Å². The van der Waals surface area contributed by atoms with Gasteiger partial charge in [0.2, 0.25) is 0 Å². The first-order valence-corrected chi connectivity index (χ1v) is 5.59. The van der Waals surface area contributed by atoms with Crippen molar-refractivity contribution in [3.8, 4) is 11.5 Å². The van der Waals surface area contributed by atoms with Crippen LogP contribution in [-0.4, -0.2) is 32.1 Å². The first-order chi connectivity index (χ1) is 8.63. The molecule has 0 N–H and O–H groups in total. The van der Waals surface area contributed by atoms with Crippen LogP contribution in [0.3, 0.4) is 0 Å². The zero-order chi connectivity index (χ0) is 13.5. The van der Waals surface area contributed by atoms with Gasteiger partial charge in [0.15, 0.2) is 23.9 Å². The van der Waals surface area contributed by atoms with Gasteiger partial charge in [-0.05, 0) is 26.0 Å². The van der Waals surface area contributed by atoms with E-state index < -0.39 is 12.1 Å². The second kappa shape index (κ2) is 6.64. The van der Waals surface area contributed by atoms with Gasteiger partial charge in [-0.2, -0.15) is 0 Å². The molecule has 1 rings (SSSR count). The Morgan fingerprint density at radius 3 is 2.72 bits per heavy atom.